The van der Waals surface area contributed by atoms with Gasteiger partial charge in [0.05, 0.1) is 4.92 Å². The van der Waals surface area contributed by atoms with Gasteiger partial charge in [0.15, 0.2) is 0 Å². The zero-order valence-corrected chi connectivity index (χ0v) is 11.5. The molecule has 0 radical (unpaired) electrons. The maximum absolute atomic E-state index is 10.6. The zero-order chi connectivity index (χ0) is 10.0. The summed E-state index contributed by atoms with van der Waals surface area (Å²) in [6, 6.07) is 3.73. The van der Waals surface area contributed by atoms with Gasteiger partial charge in [-0.25, -0.2) is 0 Å². The number of nitrogens with zero attached hydrogens (tertiary/aromatic N) is 1. The number of nitro benzene ring substituents is 1. The molecule has 14 heavy (non-hydrogen) atoms. The van der Waals surface area contributed by atoms with E-state index in [-0.39, 0.29) is 34.5 Å². The van der Waals surface area contributed by atoms with Crippen molar-refractivity contribution in [1.29, 1.82) is 0 Å². The van der Waals surface area contributed by atoms with Crippen LogP contribution in [0.4, 0.5) is 5.69 Å². The normalized spacial score (nSPS) is 11.6. The molecule has 1 rings (SSSR count). The van der Waals surface area contributed by atoms with Crippen molar-refractivity contribution in [1.82, 2.24) is 0 Å². The smallest absolute Gasteiger partial charge is 0.768 e. The molecule has 0 aliphatic heterocycles. The first-order valence-electron chi connectivity index (χ1n) is 3.05. The van der Waals surface area contributed by atoms with Crippen LogP contribution < -0.4 is 29.6 Å². The molecule has 0 aromatic heterocycles. The fourth-order valence-corrected chi connectivity index (χ4v) is 1.82. The van der Waals surface area contributed by atoms with Gasteiger partial charge in [-0.2, -0.15) is 0 Å². The first-order valence-corrected chi connectivity index (χ1v) is 4.92. The summed E-state index contributed by atoms with van der Waals surface area (Å²) < 4.78 is 21.6. The van der Waals surface area contributed by atoms with E-state index >= 15 is 0 Å². The van der Waals surface area contributed by atoms with Crippen molar-refractivity contribution >= 4 is 32.7 Å². The minimum absolute atomic E-state index is 0. The van der Waals surface area contributed by atoms with Gasteiger partial charge in [-0.3, -0.25) is 14.3 Å². The van der Waals surface area contributed by atoms with Gasteiger partial charge in [-0.1, -0.05) is 15.9 Å². The van der Waals surface area contributed by atoms with Crippen LogP contribution in [0.1, 0.15) is 0 Å². The van der Waals surface area contributed by atoms with Gasteiger partial charge in [0.2, 0.25) is 0 Å². The van der Waals surface area contributed by atoms with E-state index in [0.717, 1.165) is 6.07 Å². The Labute approximate surface area is 113 Å². The molecule has 1 atom stereocenters. The molecule has 0 aliphatic rings. The molecule has 0 saturated carbocycles. The summed E-state index contributed by atoms with van der Waals surface area (Å²) >= 11 is 0.425. The van der Waals surface area contributed by atoms with Crippen molar-refractivity contribution in [3.05, 3.63) is 32.8 Å². The summed E-state index contributed by atoms with van der Waals surface area (Å²) in [4.78, 5) is 9.30. The summed E-state index contributed by atoms with van der Waals surface area (Å²) in [5, 5.41) is 10.4. The molecular weight excluding hydrogens is 285 g/mol. The Kier molecular flexibility index (Phi) is 6.03. The van der Waals surface area contributed by atoms with Gasteiger partial charge < -0.3 is 4.55 Å². The molecule has 0 N–H and O–H groups in total. The maximum atomic E-state index is 10.6. The Hall–Kier alpha value is 0.210. The van der Waals surface area contributed by atoms with Crippen molar-refractivity contribution in [3.63, 3.8) is 0 Å². The van der Waals surface area contributed by atoms with Crippen LogP contribution in [0.3, 0.4) is 0 Å². The largest absolute Gasteiger partial charge is 1.00 e. The second kappa shape index (κ2) is 5.94. The standard InChI is InChI=1S/C6H4BrNO4S.Na/c7-4-1-2-5(8(9)10)6(3-4)13(11)12;/h1-3H,(H,11,12);/q;+1/p-1. The molecule has 8 heteroatoms. The summed E-state index contributed by atoms with van der Waals surface area (Å²) in [7, 11) is 0. The van der Waals surface area contributed by atoms with Crippen molar-refractivity contribution < 1.29 is 43.2 Å². The molecule has 1 aromatic carbocycles. The second-order valence-electron chi connectivity index (χ2n) is 2.10. The number of hydrogen-bond donors (Lipinski definition) is 0. The molecule has 0 saturated heterocycles. The molecule has 70 valence electrons. The van der Waals surface area contributed by atoms with Crippen molar-refractivity contribution in [2.75, 3.05) is 0 Å². The summed E-state index contributed by atoms with van der Waals surface area (Å²) in [6.07, 6.45) is 0. The molecule has 1 unspecified atom stereocenters. The molecule has 0 spiro atoms. The SMILES string of the molecule is O=[N+]([O-])c1ccc(Br)cc1S(=O)[O-].[Na+]. The number of nitro groups is 1. The van der Waals surface area contributed by atoms with Crippen LogP contribution in [0.5, 0.6) is 0 Å². The molecule has 0 aliphatic carbocycles. The fourth-order valence-electron chi connectivity index (χ4n) is 0.772. The average Bonchev–Trinajstić information content (AvgIpc) is 2.03. The van der Waals surface area contributed by atoms with Crippen LogP contribution in [0.15, 0.2) is 27.6 Å². The Morgan fingerprint density at radius 2 is 2.00 bits per heavy atom. The van der Waals surface area contributed by atoms with Crippen molar-refractivity contribution in [2.45, 2.75) is 4.90 Å². The number of hydrogen-bond acceptors (Lipinski definition) is 4. The third-order valence-electron chi connectivity index (χ3n) is 1.30. The Bertz CT molecular complexity index is 386. The first kappa shape index (κ1) is 14.2. The third kappa shape index (κ3) is 3.41. The van der Waals surface area contributed by atoms with Gasteiger partial charge in [-0.05, 0) is 23.2 Å². The average molecular weight is 288 g/mol. The monoisotopic (exact) mass is 287 g/mol. The molecule has 5 nitrogen and oxygen atoms in total. The van der Waals surface area contributed by atoms with E-state index in [0.29, 0.717) is 4.47 Å². The summed E-state index contributed by atoms with van der Waals surface area (Å²) in [6.45, 7) is 0. The predicted octanol–water partition coefficient (Wildman–Crippen LogP) is -1.40. The summed E-state index contributed by atoms with van der Waals surface area (Å²) in [5.74, 6) is 0. The molecule has 0 heterocycles. The van der Waals surface area contributed by atoms with Gasteiger partial charge in [0.25, 0.3) is 5.69 Å². The van der Waals surface area contributed by atoms with Crippen molar-refractivity contribution in [3.8, 4) is 0 Å². The molecule has 0 fully saturated rings. The van der Waals surface area contributed by atoms with Gasteiger partial charge in [0.1, 0.15) is 4.90 Å². The quantitative estimate of drug-likeness (QED) is 0.290. The fraction of sp³-hybridized carbons (Fsp3) is 0. The molecule has 1 aromatic rings. The second-order valence-corrected chi connectivity index (χ2v) is 3.93. The minimum Gasteiger partial charge on any atom is -0.768 e. The van der Waals surface area contributed by atoms with Crippen molar-refractivity contribution in [2.24, 2.45) is 0 Å². The van der Waals surface area contributed by atoms with Crippen LogP contribution in [-0.4, -0.2) is 13.7 Å². The van der Waals surface area contributed by atoms with Crippen LogP contribution in [-0.2, 0) is 11.1 Å². The number of benzene rings is 1. The zero-order valence-electron chi connectivity index (χ0n) is 7.10. The first-order chi connectivity index (χ1) is 6.02. The van der Waals surface area contributed by atoms with Crippen LogP contribution in [0, 0.1) is 10.1 Å². The van der Waals surface area contributed by atoms with Crippen LogP contribution in [0.2, 0.25) is 0 Å². The topological polar surface area (TPSA) is 83.3 Å². The van der Waals surface area contributed by atoms with Gasteiger partial charge in [-0.15, -0.1) is 0 Å². The number of rotatable bonds is 2. The summed E-state index contributed by atoms with van der Waals surface area (Å²) in [5.41, 5.74) is -0.420. The van der Waals surface area contributed by atoms with E-state index in [1.54, 1.807) is 0 Å². The Morgan fingerprint density at radius 1 is 1.43 bits per heavy atom. The van der Waals surface area contributed by atoms with E-state index in [1.165, 1.54) is 12.1 Å². The Morgan fingerprint density at radius 3 is 2.43 bits per heavy atom. The van der Waals surface area contributed by atoms with Gasteiger partial charge in [0, 0.05) is 10.5 Å². The van der Waals surface area contributed by atoms with Crippen LogP contribution in [0.25, 0.3) is 0 Å². The van der Waals surface area contributed by atoms with E-state index in [9.17, 15) is 18.9 Å². The minimum atomic E-state index is -2.59. The molecular formula is C6H3BrNNaO4S. The van der Waals surface area contributed by atoms with Gasteiger partial charge >= 0.3 is 29.6 Å². The van der Waals surface area contributed by atoms with E-state index in [2.05, 4.69) is 15.9 Å². The molecule has 0 bridgehead atoms. The molecule has 0 amide bonds. The number of halogens is 1. The Balaban J connectivity index is 0.00000169. The van der Waals surface area contributed by atoms with E-state index in [1.807, 2.05) is 0 Å². The van der Waals surface area contributed by atoms with E-state index in [4.69, 9.17) is 0 Å². The third-order valence-corrected chi connectivity index (χ3v) is 2.48. The predicted molar refractivity (Wildman–Crippen MR) is 48.0 cm³/mol. The maximum Gasteiger partial charge on any atom is 1.00 e. The van der Waals surface area contributed by atoms with E-state index < -0.39 is 21.7 Å². The van der Waals surface area contributed by atoms with Crippen LogP contribution >= 0.6 is 15.9 Å².